The van der Waals surface area contributed by atoms with Crippen molar-refractivity contribution in [1.82, 2.24) is 9.88 Å². The zero-order chi connectivity index (χ0) is 21.1. The Bertz CT molecular complexity index is 1040. The van der Waals surface area contributed by atoms with Crippen LogP contribution in [0.15, 0.2) is 48.5 Å². The first-order valence-electron chi connectivity index (χ1n) is 10.3. The van der Waals surface area contributed by atoms with Gasteiger partial charge in [-0.3, -0.25) is 4.79 Å². The molecule has 1 aliphatic carbocycles. The second kappa shape index (κ2) is 8.88. The Morgan fingerprint density at radius 2 is 2.03 bits per heavy atom. The van der Waals surface area contributed by atoms with Crippen LogP contribution in [0, 0.1) is 12.8 Å². The lowest BCUT2D eigenvalue weighted by Gasteiger charge is -2.23. The van der Waals surface area contributed by atoms with Gasteiger partial charge in [0.05, 0.1) is 12.0 Å². The molecule has 0 atom stereocenters. The van der Waals surface area contributed by atoms with Crippen LogP contribution in [-0.2, 0) is 6.42 Å². The zero-order valence-corrected chi connectivity index (χ0v) is 18.2. The van der Waals surface area contributed by atoms with Crippen molar-refractivity contribution in [2.24, 2.45) is 5.92 Å². The van der Waals surface area contributed by atoms with Gasteiger partial charge in [-0.1, -0.05) is 59.4 Å². The molecular formula is C24H27N3O2S. The number of ether oxygens (including phenoxy) is 1. The summed E-state index contributed by atoms with van der Waals surface area (Å²) in [7, 11) is 1.68. The molecule has 1 fully saturated rings. The number of methoxy groups -OCH3 is 1. The number of benzene rings is 2. The van der Waals surface area contributed by atoms with E-state index in [1.165, 1.54) is 24.2 Å². The summed E-state index contributed by atoms with van der Waals surface area (Å²) < 4.78 is 5.48. The van der Waals surface area contributed by atoms with Gasteiger partial charge in [0.1, 0.15) is 11.4 Å². The maximum atomic E-state index is 13.6. The maximum absolute atomic E-state index is 13.6. The van der Waals surface area contributed by atoms with Crippen molar-refractivity contribution in [3.8, 4) is 16.2 Å². The average molecular weight is 422 g/mol. The van der Waals surface area contributed by atoms with Gasteiger partial charge in [-0.25, -0.2) is 4.98 Å². The second-order valence-electron chi connectivity index (χ2n) is 7.86. The summed E-state index contributed by atoms with van der Waals surface area (Å²) in [4.78, 5) is 20.8. The standard InChI is InChI=1S/C24H27N3O2S/c1-16-6-5-8-19(14-16)22-21(26-24(25)30-22)23(28)27(15-17-10-11-17)13-12-18-7-3-4-9-20(18)29-2/h3-9,14,17H,10-13,15H2,1-2H3,(H2,25,26). The van der Waals surface area contributed by atoms with Crippen LogP contribution in [0.5, 0.6) is 5.75 Å². The van der Waals surface area contributed by atoms with Gasteiger partial charge in [0.25, 0.3) is 5.91 Å². The van der Waals surface area contributed by atoms with Crippen molar-refractivity contribution in [1.29, 1.82) is 0 Å². The predicted molar refractivity (Wildman–Crippen MR) is 122 cm³/mol. The molecule has 1 saturated carbocycles. The number of hydrogen-bond donors (Lipinski definition) is 1. The fourth-order valence-electron chi connectivity index (χ4n) is 3.67. The third kappa shape index (κ3) is 4.65. The molecular weight excluding hydrogens is 394 g/mol. The quantitative estimate of drug-likeness (QED) is 0.567. The molecule has 1 heterocycles. The van der Waals surface area contributed by atoms with Gasteiger partial charge < -0.3 is 15.4 Å². The fourth-order valence-corrected chi connectivity index (χ4v) is 4.49. The van der Waals surface area contributed by atoms with Crippen molar-refractivity contribution in [2.75, 3.05) is 25.9 Å². The van der Waals surface area contributed by atoms with Gasteiger partial charge in [-0.2, -0.15) is 0 Å². The van der Waals surface area contributed by atoms with E-state index in [-0.39, 0.29) is 5.91 Å². The molecule has 2 N–H and O–H groups in total. The van der Waals surface area contributed by atoms with E-state index >= 15 is 0 Å². The number of hydrogen-bond acceptors (Lipinski definition) is 5. The molecule has 30 heavy (non-hydrogen) atoms. The molecule has 0 aliphatic heterocycles. The number of nitrogens with two attached hydrogens (primary N) is 1. The fraction of sp³-hybridized carbons (Fsp3) is 0.333. The van der Waals surface area contributed by atoms with Gasteiger partial charge in [0, 0.05) is 13.1 Å². The highest BCUT2D eigenvalue weighted by atomic mass is 32.1. The SMILES string of the molecule is COc1ccccc1CCN(CC1CC1)C(=O)c1nc(N)sc1-c1cccc(C)c1. The van der Waals surface area contributed by atoms with E-state index in [0.717, 1.165) is 40.3 Å². The third-order valence-corrected chi connectivity index (χ3v) is 6.37. The highest BCUT2D eigenvalue weighted by Gasteiger charge is 2.30. The van der Waals surface area contributed by atoms with E-state index in [2.05, 4.69) is 17.1 Å². The van der Waals surface area contributed by atoms with E-state index < -0.39 is 0 Å². The highest BCUT2D eigenvalue weighted by molar-refractivity contribution is 7.19. The lowest BCUT2D eigenvalue weighted by Crippen LogP contribution is -2.35. The Hall–Kier alpha value is -2.86. The van der Waals surface area contributed by atoms with Crippen molar-refractivity contribution in [3.05, 3.63) is 65.4 Å². The summed E-state index contributed by atoms with van der Waals surface area (Å²) >= 11 is 1.38. The summed E-state index contributed by atoms with van der Waals surface area (Å²) in [6.45, 7) is 3.43. The molecule has 5 nitrogen and oxygen atoms in total. The number of para-hydroxylation sites is 1. The van der Waals surface area contributed by atoms with Crippen LogP contribution < -0.4 is 10.5 Å². The van der Waals surface area contributed by atoms with Crippen LogP contribution in [-0.4, -0.2) is 36.0 Å². The van der Waals surface area contributed by atoms with Gasteiger partial charge in [-0.05, 0) is 49.3 Å². The third-order valence-electron chi connectivity index (χ3n) is 5.43. The molecule has 4 rings (SSSR count). The van der Waals surface area contributed by atoms with Crippen molar-refractivity contribution in [3.63, 3.8) is 0 Å². The largest absolute Gasteiger partial charge is 0.496 e. The average Bonchev–Trinajstić information content (AvgIpc) is 3.49. The Morgan fingerprint density at radius 3 is 2.77 bits per heavy atom. The van der Waals surface area contributed by atoms with E-state index in [1.54, 1.807) is 7.11 Å². The topological polar surface area (TPSA) is 68.5 Å². The molecule has 0 unspecified atom stereocenters. The molecule has 2 aromatic carbocycles. The summed E-state index contributed by atoms with van der Waals surface area (Å²) in [5.41, 5.74) is 9.73. The highest BCUT2D eigenvalue weighted by Crippen LogP contribution is 2.35. The molecule has 1 aliphatic rings. The van der Waals surface area contributed by atoms with Crippen LogP contribution in [0.3, 0.4) is 0 Å². The molecule has 0 spiro atoms. The van der Waals surface area contributed by atoms with E-state index in [0.29, 0.717) is 23.3 Å². The number of nitrogens with zero attached hydrogens (tertiary/aromatic N) is 2. The molecule has 0 saturated heterocycles. The summed E-state index contributed by atoms with van der Waals surface area (Å²) in [5, 5.41) is 0.422. The number of nitrogen functional groups attached to an aromatic ring is 1. The van der Waals surface area contributed by atoms with Crippen LogP contribution in [0.25, 0.3) is 10.4 Å². The number of carbonyl (C=O) groups excluding carboxylic acids is 1. The lowest BCUT2D eigenvalue weighted by atomic mass is 10.1. The summed E-state index contributed by atoms with van der Waals surface area (Å²) in [6, 6.07) is 16.1. The number of thiazole rings is 1. The first-order valence-corrected chi connectivity index (χ1v) is 11.1. The van der Waals surface area contributed by atoms with E-state index in [9.17, 15) is 4.79 Å². The number of carbonyl (C=O) groups is 1. The molecule has 1 aromatic heterocycles. The Morgan fingerprint density at radius 1 is 1.23 bits per heavy atom. The Kier molecular flexibility index (Phi) is 6.04. The number of aryl methyl sites for hydroxylation is 1. The summed E-state index contributed by atoms with van der Waals surface area (Å²) in [5.74, 6) is 1.40. The minimum absolute atomic E-state index is 0.0405. The van der Waals surface area contributed by atoms with E-state index in [1.807, 2.05) is 48.2 Å². The minimum atomic E-state index is -0.0405. The maximum Gasteiger partial charge on any atom is 0.274 e. The molecule has 156 valence electrons. The van der Waals surface area contributed by atoms with Crippen molar-refractivity contribution in [2.45, 2.75) is 26.2 Å². The van der Waals surface area contributed by atoms with E-state index in [4.69, 9.17) is 10.5 Å². The first-order chi connectivity index (χ1) is 14.5. The monoisotopic (exact) mass is 421 g/mol. The number of aromatic nitrogens is 1. The van der Waals surface area contributed by atoms with Crippen LogP contribution in [0.1, 0.15) is 34.5 Å². The van der Waals surface area contributed by atoms with Gasteiger partial charge in [0.15, 0.2) is 5.13 Å². The Labute approximate surface area is 181 Å². The lowest BCUT2D eigenvalue weighted by molar-refractivity contribution is 0.0745. The van der Waals surface area contributed by atoms with Crippen LogP contribution in [0.2, 0.25) is 0 Å². The zero-order valence-electron chi connectivity index (χ0n) is 17.4. The normalized spacial score (nSPS) is 13.3. The Balaban J connectivity index is 1.60. The number of rotatable bonds is 8. The molecule has 6 heteroatoms. The molecule has 3 aromatic rings. The summed E-state index contributed by atoms with van der Waals surface area (Å²) in [6.07, 6.45) is 3.10. The van der Waals surface area contributed by atoms with Gasteiger partial charge >= 0.3 is 0 Å². The van der Waals surface area contributed by atoms with Gasteiger partial charge in [-0.15, -0.1) is 0 Å². The minimum Gasteiger partial charge on any atom is -0.496 e. The molecule has 0 radical (unpaired) electrons. The molecule has 0 bridgehead atoms. The van der Waals surface area contributed by atoms with Crippen LogP contribution >= 0.6 is 11.3 Å². The number of anilines is 1. The van der Waals surface area contributed by atoms with Crippen LogP contribution in [0.4, 0.5) is 5.13 Å². The smallest absolute Gasteiger partial charge is 0.274 e. The number of amides is 1. The second-order valence-corrected chi connectivity index (χ2v) is 8.89. The predicted octanol–water partition coefficient (Wildman–Crippen LogP) is 4.80. The molecule has 1 amide bonds. The van der Waals surface area contributed by atoms with Crippen molar-refractivity contribution < 1.29 is 9.53 Å². The first kappa shape index (κ1) is 20.4. The van der Waals surface area contributed by atoms with Crippen molar-refractivity contribution >= 4 is 22.4 Å². The van der Waals surface area contributed by atoms with Gasteiger partial charge in [0.2, 0.25) is 0 Å².